The normalized spacial score (nSPS) is 19.4. The largest absolute Gasteiger partial charge is 0.467 e. The highest BCUT2D eigenvalue weighted by molar-refractivity contribution is 5.91. The van der Waals surface area contributed by atoms with Crippen LogP contribution in [0.5, 0.6) is 0 Å². The fourth-order valence-corrected chi connectivity index (χ4v) is 3.02. The second kappa shape index (κ2) is 7.92. The van der Waals surface area contributed by atoms with Crippen LogP contribution in [0.4, 0.5) is 5.69 Å². The first-order valence-electron chi connectivity index (χ1n) is 8.19. The number of esters is 1. The predicted octanol–water partition coefficient (Wildman–Crippen LogP) is 3.01. The molecule has 0 saturated carbocycles. The summed E-state index contributed by atoms with van der Waals surface area (Å²) in [5.74, 6) is -0.390. The van der Waals surface area contributed by atoms with Gasteiger partial charge in [-0.1, -0.05) is 32.4 Å². The summed E-state index contributed by atoms with van der Waals surface area (Å²) in [6.07, 6.45) is 4.06. The molecular weight excluding hydrogens is 324 g/mol. The van der Waals surface area contributed by atoms with E-state index in [9.17, 15) is 19.7 Å². The molecule has 1 aromatic rings. The third-order valence-electron chi connectivity index (χ3n) is 4.62. The number of ketones is 1. The van der Waals surface area contributed by atoms with Crippen molar-refractivity contribution < 1.29 is 19.2 Å². The fourth-order valence-electron chi connectivity index (χ4n) is 3.02. The van der Waals surface area contributed by atoms with Crippen molar-refractivity contribution >= 4 is 17.4 Å². The van der Waals surface area contributed by atoms with Crippen LogP contribution in [0, 0.1) is 16.0 Å². The Morgan fingerprint density at radius 1 is 1.40 bits per heavy atom. The van der Waals surface area contributed by atoms with Gasteiger partial charge in [-0.15, -0.1) is 0 Å². The molecule has 1 aromatic carbocycles. The lowest BCUT2D eigenvalue weighted by atomic mass is 9.90. The van der Waals surface area contributed by atoms with Crippen LogP contribution in [0.1, 0.15) is 38.3 Å². The topological polar surface area (TPSA) is 89.8 Å². The summed E-state index contributed by atoms with van der Waals surface area (Å²) in [5.41, 5.74) is 0.736. The van der Waals surface area contributed by atoms with Gasteiger partial charge in [0.05, 0.1) is 18.1 Å². The average Bonchev–Trinajstić information content (AvgIpc) is 2.62. The monoisotopic (exact) mass is 346 g/mol. The van der Waals surface area contributed by atoms with Gasteiger partial charge >= 0.3 is 5.97 Å². The molecule has 0 fully saturated rings. The highest BCUT2D eigenvalue weighted by atomic mass is 16.6. The fraction of sp³-hybridized carbons (Fsp3) is 0.444. The molecule has 0 amide bonds. The van der Waals surface area contributed by atoms with Gasteiger partial charge in [-0.05, 0) is 17.6 Å². The first kappa shape index (κ1) is 18.6. The number of hydrogen-bond donors (Lipinski definition) is 0. The van der Waals surface area contributed by atoms with E-state index in [-0.39, 0.29) is 35.8 Å². The number of hydrogen-bond acceptors (Lipinski definition) is 6. The van der Waals surface area contributed by atoms with Gasteiger partial charge in [-0.25, -0.2) is 4.79 Å². The summed E-state index contributed by atoms with van der Waals surface area (Å²) in [7, 11) is 1.34. The predicted molar refractivity (Wildman–Crippen MR) is 91.7 cm³/mol. The Morgan fingerprint density at radius 3 is 2.56 bits per heavy atom. The smallest absolute Gasteiger partial charge is 0.328 e. The van der Waals surface area contributed by atoms with Crippen LogP contribution in [-0.2, 0) is 14.3 Å². The molecule has 25 heavy (non-hydrogen) atoms. The van der Waals surface area contributed by atoms with Crippen molar-refractivity contribution in [2.75, 3.05) is 7.11 Å². The summed E-state index contributed by atoms with van der Waals surface area (Å²) in [4.78, 5) is 36.5. The molecule has 0 radical (unpaired) electrons. The van der Waals surface area contributed by atoms with Crippen LogP contribution >= 0.6 is 0 Å². The van der Waals surface area contributed by atoms with E-state index in [1.54, 1.807) is 18.3 Å². The number of carbonyl (C=O) groups excluding carboxylic acids is 2. The van der Waals surface area contributed by atoms with Crippen molar-refractivity contribution in [3.8, 4) is 0 Å². The van der Waals surface area contributed by atoms with Gasteiger partial charge in [-0.2, -0.15) is 0 Å². The quantitative estimate of drug-likeness (QED) is 0.447. The molecule has 7 heteroatoms. The first-order valence-corrected chi connectivity index (χ1v) is 8.19. The summed E-state index contributed by atoms with van der Waals surface area (Å²) in [6.45, 7) is 3.94. The zero-order chi connectivity index (χ0) is 18.6. The van der Waals surface area contributed by atoms with Crippen molar-refractivity contribution in [1.82, 2.24) is 4.90 Å². The molecule has 1 aliphatic heterocycles. The minimum atomic E-state index is -0.528. The third-order valence-corrected chi connectivity index (χ3v) is 4.62. The molecule has 7 nitrogen and oxygen atoms in total. The number of benzene rings is 1. The zero-order valence-electron chi connectivity index (χ0n) is 14.5. The molecule has 1 unspecified atom stereocenters. The van der Waals surface area contributed by atoms with Crippen molar-refractivity contribution in [2.24, 2.45) is 5.92 Å². The molecule has 3 atom stereocenters. The number of nitro groups is 1. The van der Waals surface area contributed by atoms with Crippen LogP contribution < -0.4 is 0 Å². The van der Waals surface area contributed by atoms with Crippen LogP contribution in [0.15, 0.2) is 36.5 Å². The van der Waals surface area contributed by atoms with Gasteiger partial charge < -0.3 is 9.64 Å². The number of rotatable bonds is 6. The highest BCUT2D eigenvalue weighted by Crippen LogP contribution is 2.34. The van der Waals surface area contributed by atoms with Gasteiger partial charge in [0.2, 0.25) is 0 Å². The summed E-state index contributed by atoms with van der Waals surface area (Å²) in [5, 5.41) is 10.8. The van der Waals surface area contributed by atoms with Crippen LogP contribution in [-0.4, -0.2) is 34.7 Å². The Labute approximate surface area is 146 Å². The lowest BCUT2D eigenvalue weighted by Crippen LogP contribution is -2.46. The minimum absolute atomic E-state index is 0.0144. The molecular formula is C18H22N2O5. The van der Waals surface area contributed by atoms with Crippen LogP contribution in [0.3, 0.4) is 0 Å². The number of non-ortho nitro benzene ring substituents is 1. The number of methoxy groups -OCH3 is 1. The maximum atomic E-state index is 12.3. The Balaban J connectivity index is 2.41. The number of carbonyl (C=O) groups is 2. The van der Waals surface area contributed by atoms with Gasteiger partial charge in [0.1, 0.15) is 6.04 Å². The second-order valence-corrected chi connectivity index (χ2v) is 6.15. The SMILES string of the molecule is CCC(C)[C@@H](C(=O)OC)N1C=CC(=O)C[C@H]1c1ccc([N+](=O)[O-])cc1. The van der Waals surface area contributed by atoms with E-state index in [1.165, 1.54) is 25.3 Å². The first-order chi connectivity index (χ1) is 11.9. The van der Waals surface area contributed by atoms with Crippen molar-refractivity contribution in [3.05, 3.63) is 52.2 Å². The molecule has 0 spiro atoms. The lowest BCUT2D eigenvalue weighted by Gasteiger charge is -2.40. The van der Waals surface area contributed by atoms with E-state index >= 15 is 0 Å². The summed E-state index contributed by atoms with van der Waals surface area (Å²) in [6, 6.07) is 5.19. The molecule has 1 aliphatic rings. The van der Waals surface area contributed by atoms with E-state index < -0.39 is 11.0 Å². The maximum absolute atomic E-state index is 12.3. The Morgan fingerprint density at radius 2 is 2.04 bits per heavy atom. The van der Waals surface area contributed by atoms with Gasteiger partial charge in [0.25, 0.3) is 5.69 Å². The maximum Gasteiger partial charge on any atom is 0.328 e. The van der Waals surface area contributed by atoms with Gasteiger partial charge in [0.15, 0.2) is 5.78 Å². The summed E-state index contributed by atoms with van der Waals surface area (Å²) >= 11 is 0. The molecule has 0 N–H and O–H groups in total. The minimum Gasteiger partial charge on any atom is -0.467 e. The van der Waals surface area contributed by atoms with Crippen molar-refractivity contribution in [2.45, 2.75) is 38.8 Å². The van der Waals surface area contributed by atoms with Crippen molar-refractivity contribution in [1.29, 1.82) is 0 Å². The van der Waals surface area contributed by atoms with Gasteiger partial charge in [-0.3, -0.25) is 14.9 Å². The number of nitrogens with zero attached hydrogens (tertiary/aromatic N) is 2. The van der Waals surface area contributed by atoms with Gasteiger partial charge in [0, 0.05) is 24.8 Å². The lowest BCUT2D eigenvalue weighted by molar-refractivity contribution is -0.384. The van der Waals surface area contributed by atoms with E-state index in [4.69, 9.17) is 4.74 Å². The Hall–Kier alpha value is -2.70. The Kier molecular flexibility index (Phi) is 5.90. The Bertz CT molecular complexity index is 683. The highest BCUT2D eigenvalue weighted by Gasteiger charge is 2.37. The molecule has 1 heterocycles. The average molecular weight is 346 g/mol. The van der Waals surface area contributed by atoms with E-state index in [0.29, 0.717) is 0 Å². The zero-order valence-corrected chi connectivity index (χ0v) is 14.5. The third kappa shape index (κ3) is 4.04. The number of allylic oxidation sites excluding steroid dienone is 1. The van der Waals surface area contributed by atoms with E-state index in [2.05, 4.69) is 0 Å². The van der Waals surface area contributed by atoms with Crippen LogP contribution in [0.2, 0.25) is 0 Å². The molecule has 0 aromatic heterocycles. The molecule has 0 bridgehead atoms. The standard InChI is InChI=1S/C18H22N2O5/c1-4-12(2)17(18(22)25-3)19-10-9-15(21)11-16(19)13-5-7-14(8-6-13)20(23)24/h5-10,12,16-17H,4,11H2,1-3H3/t12?,16-,17-/m0/s1. The molecule has 0 aliphatic carbocycles. The number of nitro benzene ring substituents is 1. The second-order valence-electron chi connectivity index (χ2n) is 6.15. The molecule has 0 saturated heterocycles. The molecule has 2 rings (SSSR count). The number of ether oxygens (including phenoxy) is 1. The van der Waals surface area contributed by atoms with Crippen LogP contribution in [0.25, 0.3) is 0 Å². The van der Waals surface area contributed by atoms with E-state index in [0.717, 1.165) is 12.0 Å². The van der Waals surface area contributed by atoms with Crippen molar-refractivity contribution in [3.63, 3.8) is 0 Å². The molecule has 134 valence electrons. The summed E-state index contributed by atoms with van der Waals surface area (Å²) < 4.78 is 4.96. The van der Waals surface area contributed by atoms with E-state index in [1.807, 2.05) is 18.7 Å².